The molecular formula is C13H23BF3N2O2-. The van der Waals surface area contributed by atoms with Crippen LogP contribution in [0.4, 0.5) is 12.9 Å². The van der Waals surface area contributed by atoms with E-state index in [0.717, 1.165) is 6.08 Å². The van der Waals surface area contributed by atoms with Crippen molar-refractivity contribution >= 4 is 12.9 Å². The van der Waals surface area contributed by atoms with Crippen LogP contribution in [-0.4, -0.2) is 37.2 Å². The van der Waals surface area contributed by atoms with Crippen molar-refractivity contribution in [2.45, 2.75) is 64.3 Å². The van der Waals surface area contributed by atoms with Gasteiger partial charge in [-0.05, 0) is 19.3 Å². The molecule has 122 valence electrons. The maximum Gasteiger partial charge on any atom is 0.505 e. The number of carbonyl (C=O) groups is 1. The van der Waals surface area contributed by atoms with Crippen LogP contribution in [0, 0.1) is 0 Å². The first-order valence-electron chi connectivity index (χ1n) is 7.27. The van der Waals surface area contributed by atoms with Gasteiger partial charge in [-0.1, -0.05) is 19.9 Å². The largest absolute Gasteiger partial charge is 0.505 e. The quantitative estimate of drug-likeness (QED) is 0.739. The number of carbonyl (C=O) groups excluding carboxylic acids is 1. The second-order valence-electron chi connectivity index (χ2n) is 5.45. The molecule has 0 spiro atoms. The third-order valence-electron chi connectivity index (χ3n) is 3.72. The van der Waals surface area contributed by atoms with Crippen LogP contribution in [0.15, 0.2) is 11.5 Å². The highest BCUT2D eigenvalue weighted by Crippen LogP contribution is 2.31. The average molecular weight is 307 g/mol. The zero-order chi connectivity index (χ0) is 16.2. The van der Waals surface area contributed by atoms with Gasteiger partial charge >= 0.3 is 6.98 Å². The fraction of sp³-hybridized carbons (Fsp3) is 0.769. The van der Waals surface area contributed by atoms with E-state index in [1.54, 1.807) is 0 Å². The maximum absolute atomic E-state index is 13.0. The number of ether oxygens (including phenoxy) is 1. The van der Waals surface area contributed by atoms with Gasteiger partial charge < -0.3 is 28.7 Å². The van der Waals surface area contributed by atoms with Gasteiger partial charge in [0.15, 0.2) is 0 Å². The maximum atomic E-state index is 13.0. The average Bonchev–Trinajstić information content (AvgIpc) is 2.37. The molecule has 0 radical (unpaired) electrons. The molecule has 1 amide bonds. The number of nitrogens with one attached hydrogen (secondary N) is 1. The van der Waals surface area contributed by atoms with Gasteiger partial charge in [-0.25, -0.2) is 0 Å². The van der Waals surface area contributed by atoms with E-state index in [4.69, 9.17) is 10.5 Å². The molecule has 4 nitrogen and oxygen atoms in total. The third kappa shape index (κ3) is 5.03. The molecule has 0 fully saturated rings. The Morgan fingerprint density at radius 2 is 2.05 bits per heavy atom. The van der Waals surface area contributed by atoms with Crippen LogP contribution in [0.25, 0.3) is 0 Å². The van der Waals surface area contributed by atoms with E-state index in [1.807, 2.05) is 13.8 Å². The summed E-state index contributed by atoms with van der Waals surface area (Å²) in [6, 6.07) is -1.44. The van der Waals surface area contributed by atoms with Gasteiger partial charge in [0.1, 0.15) is 0 Å². The normalized spacial score (nSPS) is 26.7. The van der Waals surface area contributed by atoms with Crippen LogP contribution < -0.4 is 11.1 Å². The summed E-state index contributed by atoms with van der Waals surface area (Å²) in [4.78, 5) is 11.2. The zero-order valence-electron chi connectivity index (χ0n) is 12.6. The molecule has 0 bridgehead atoms. The van der Waals surface area contributed by atoms with Gasteiger partial charge in [0.05, 0.1) is 18.2 Å². The van der Waals surface area contributed by atoms with E-state index in [0.29, 0.717) is 12.8 Å². The molecule has 3 atom stereocenters. The molecule has 0 aromatic carbocycles. The Morgan fingerprint density at radius 1 is 1.48 bits per heavy atom. The summed E-state index contributed by atoms with van der Waals surface area (Å²) in [5.41, 5.74) is 5.21. The highest BCUT2D eigenvalue weighted by Gasteiger charge is 2.39. The summed E-state index contributed by atoms with van der Waals surface area (Å²) in [6.45, 7) is 0.0402. The molecule has 0 aliphatic heterocycles. The van der Waals surface area contributed by atoms with Gasteiger partial charge in [0.2, 0.25) is 5.91 Å². The van der Waals surface area contributed by atoms with Crippen LogP contribution in [0.2, 0.25) is 0 Å². The first kappa shape index (κ1) is 18.0. The highest BCUT2D eigenvalue weighted by atomic mass is 19.4. The molecule has 0 heterocycles. The van der Waals surface area contributed by atoms with E-state index in [9.17, 15) is 17.7 Å². The minimum atomic E-state index is -5.08. The summed E-state index contributed by atoms with van der Waals surface area (Å²) in [6.07, 6.45) is 1.17. The van der Waals surface area contributed by atoms with Crippen molar-refractivity contribution < 1.29 is 22.5 Å². The summed E-state index contributed by atoms with van der Waals surface area (Å²) >= 11 is 0. The standard InChI is InChI=1S/C13H23BF3N2O2/c1-4-10(5-2)21-12-7-9(14(15,16)17)6-11(18)13(12)19-8(3)20/h7,10-13H,4-6,18H2,1-3H3,(H,19,20)/q-1/t11-,12+,13+/m0/s1. The number of halogens is 3. The zero-order valence-corrected chi connectivity index (χ0v) is 12.6. The van der Waals surface area contributed by atoms with Crippen molar-refractivity contribution in [3.8, 4) is 0 Å². The van der Waals surface area contributed by atoms with Crippen molar-refractivity contribution in [2.24, 2.45) is 5.73 Å². The van der Waals surface area contributed by atoms with E-state index in [2.05, 4.69) is 5.32 Å². The molecule has 0 aromatic heterocycles. The van der Waals surface area contributed by atoms with Crippen LogP contribution in [0.1, 0.15) is 40.0 Å². The first-order valence-corrected chi connectivity index (χ1v) is 7.27. The van der Waals surface area contributed by atoms with E-state index >= 15 is 0 Å². The van der Waals surface area contributed by atoms with E-state index < -0.39 is 30.6 Å². The molecule has 0 saturated heterocycles. The van der Waals surface area contributed by atoms with E-state index in [1.165, 1.54) is 6.92 Å². The molecule has 0 unspecified atom stereocenters. The molecule has 0 saturated carbocycles. The molecule has 8 heteroatoms. The fourth-order valence-corrected chi connectivity index (χ4v) is 2.52. The van der Waals surface area contributed by atoms with Gasteiger partial charge in [-0.3, -0.25) is 4.79 Å². The fourth-order valence-electron chi connectivity index (χ4n) is 2.52. The lowest BCUT2D eigenvalue weighted by molar-refractivity contribution is -0.121. The number of hydrogen-bond donors (Lipinski definition) is 2. The summed E-state index contributed by atoms with van der Waals surface area (Å²) in [7, 11) is 0. The van der Waals surface area contributed by atoms with Crippen LogP contribution in [-0.2, 0) is 9.53 Å². The van der Waals surface area contributed by atoms with Crippen molar-refractivity contribution in [1.29, 1.82) is 0 Å². The van der Waals surface area contributed by atoms with Crippen molar-refractivity contribution in [1.82, 2.24) is 5.32 Å². The number of hydrogen-bond acceptors (Lipinski definition) is 3. The molecule has 0 aromatic rings. The lowest BCUT2D eigenvalue weighted by Gasteiger charge is -2.39. The van der Waals surface area contributed by atoms with Crippen molar-refractivity contribution in [3.63, 3.8) is 0 Å². The lowest BCUT2D eigenvalue weighted by atomic mass is 9.70. The summed E-state index contributed by atoms with van der Waals surface area (Å²) in [5.74, 6) is -0.331. The van der Waals surface area contributed by atoms with E-state index in [-0.39, 0.29) is 18.4 Å². The summed E-state index contributed by atoms with van der Waals surface area (Å²) in [5, 5.41) is 2.61. The van der Waals surface area contributed by atoms with Crippen molar-refractivity contribution in [2.75, 3.05) is 0 Å². The Hall–Kier alpha value is -1.02. The van der Waals surface area contributed by atoms with Gasteiger partial charge in [0, 0.05) is 13.0 Å². The summed E-state index contributed by atoms with van der Waals surface area (Å²) < 4.78 is 44.7. The Kier molecular flexibility index (Phi) is 6.28. The topological polar surface area (TPSA) is 64.3 Å². The van der Waals surface area contributed by atoms with Crippen LogP contribution in [0.5, 0.6) is 0 Å². The van der Waals surface area contributed by atoms with Gasteiger partial charge in [-0.15, -0.1) is 5.47 Å². The second kappa shape index (κ2) is 7.31. The molecule has 3 N–H and O–H groups in total. The number of nitrogens with two attached hydrogens (primary N) is 1. The minimum absolute atomic E-state index is 0.158. The predicted molar refractivity (Wildman–Crippen MR) is 76.6 cm³/mol. The lowest BCUT2D eigenvalue weighted by Crippen LogP contribution is -2.57. The number of amides is 1. The monoisotopic (exact) mass is 307 g/mol. The molecule has 1 aliphatic rings. The molecule has 1 rings (SSSR count). The van der Waals surface area contributed by atoms with Crippen LogP contribution >= 0.6 is 0 Å². The number of rotatable bonds is 6. The highest BCUT2D eigenvalue weighted by molar-refractivity contribution is 6.66. The van der Waals surface area contributed by atoms with Crippen molar-refractivity contribution in [3.05, 3.63) is 11.5 Å². The third-order valence-corrected chi connectivity index (χ3v) is 3.72. The minimum Gasteiger partial charge on any atom is -0.445 e. The SMILES string of the molecule is CCC(CC)O[C@@H]1C=C([B-](F)(F)F)C[C@H](N)[C@H]1NC(C)=O. The van der Waals surface area contributed by atoms with Crippen LogP contribution in [0.3, 0.4) is 0 Å². The van der Waals surface area contributed by atoms with Gasteiger partial charge in [0.25, 0.3) is 0 Å². The van der Waals surface area contributed by atoms with Gasteiger partial charge in [-0.2, -0.15) is 0 Å². The molecular weight excluding hydrogens is 284 g/mol. The Bertz CT molecular complexity index is 397. The first-order chi connectivity index (χ1) is 9.68. The Labute approximate surface area is 123 Å². The smallest absolute Gasteiger partial charge is 0.445 e. The Balaban J connectivity index is 3.02. The second-order valence-corrected chi connectivity index (χ2v) is 5.45. The molecule has 1 aliphatic carbocycles. The Morgan fingerprint density at radius 3 is 2.48 bits per heavy atom. The predicted octanol–water partition coefficient (Wildman–Crippen LogP) is 2.11. The molecule has 21 heavy (non-hydrogen) atoms.